The molecule has 84 valence electrons. The maximum atomic E-state index is 13.4. The van der Waals surface area contributed by atoms with Crippen LogP contribution < -0.4 is 5.73 Å². The van der Waals surface area contributed by atoms with Gasteiger partial charge in [0.05, 0.1) is 11.9 Å². The van der Waals surface area contributed by atoms with Gasteiger partial charge in [0.2, 0.25) is 0 Å². The molecule has 3 nitrogen and oxygen atoms in total. The predicted molar refractivity (Wildman–Crippen MR) is 63.9 cm³/mol. The van der Waals surface area contributed by atoms with Gasteiger partial charge in [-0.15, -0.1) is 0 Å². The Morgan fingerprint density at radius 1 is 1.29 bits per heavy atom. The third-order valence-corrected chi connectivity index (χ3v) is 3.27. The summed E-state index contributed by atoms with van der Waals surface area (Å²) < 4.78 is 13.4. The van der Waals surface area contributed by atoms with Gasteiger partial charge in [-0.05, 0) is 18.2 Å². The average Bonchev–Trinajstić information content (AvgIpc) is 2.32. The van der Waals surface area contributed by atoms with Crippen molar-refractivity contribution < 1.29 is 4.39 Å². The molecule has 0 saturated carbocycles. The fourth-order valence-corrected chi connectivity index (χ4v) is 2.23. The number of halogens is 1. The molecule has 0 radical (unpaired) electrons. The lowest BCUT2D eigenvalue weighted by Crippen LogP contribution is -1.91. The lowest BCUT2D eigenvalue weighted by Gasteiger charge is -2.06. The number of nitrogen functional groups attached to an aromatic ring is 1. The molecule has 0 aliphatic rings. The topological polar surface area (TPSA) is 62.7 Å². The van der Waals surface area contributed by atoms with E-state index in [9.17, 15) is 4.39 Å². The van der Waals surface area contributed by atoms with Crippen LogP contribution in [0.2, 0.25) is 0 Å². The number of aromatic nitrogens is 1. The standard InChI is InChI=1S/C12H8FN3S/c13-9-2-1-3-11(8(9)6-14)17-12-4-5-16-7-10(12)15/h1-5,7H,15H2. The first-order chi connectivity index (χ1) is 8.22. The summed E-state index contributed by atoms with van der Waals surface area (Å²) in [4.78, 5) is 5.17. The van der Waals surface area contributed by atoms with Gasteiger partial charge in [0.15, 0.2) is 0 Å². The van der Waals surface area contributed by atoms with Gasteiger partial charge in [-0.3, -0.25) is 4.98 Å². The minimum atomic E-state index is -0.523. The Morgan fingerprint density at radius 2 is 2.12 bits per heavy atom. The maximum absolute atomic E-state index is 13.4. The Hall–Kier alpha value is -2.06. The first-order valence-corrected chi connectivity index (χ1v) is 5.60. The number of pyridine rings is 1. The molecular formula is C12H8FN3S. The van der Waals surface area contributed by atoms with E-state index in [1.54, 1.807) is 24.4 Å². The molecule has 0 atom stereocenters. The normalized spacial score (nSPS) is 9.88. The van der Waals surface area contributed by atoms with E-state index in [0.717, 1.165) is 4.90 Å². The summed E-state index contributed by atoms with van der Waals surface area (Å²) in [7, 11) is 0. The van der Waals surface area contributed by atoms with Gasteiger partial charge < -0.3 is 5.73 Å². The lowest BCUT2D eigenvalue weighted by molar-refractivity contribution is 0.620. The van der Waals surface area contributed by atoms with Crippen molar-refractivity contribution in [3.63, 3.8) is 0 Å². The van der Waals surface area contributed by atoms with Crippen molar-refractivity contribution in [2.24, 2.45) is 0 Å². The van der Waals surface area contributed by atoms with E-state index < -0.39 is 5.82 Å². The molecule has 1 heterocycles. The van der Waals surface area contributed by atoms with Crippen molar-refractivity contribution in [2.45, 2.75) is 9.79 Å². The zero-order valence-corrected chi connectivity index (χ0v) is 9.54. The van der Waals surface area contributed by atoms with E-state index >= 15 is 0 Å². The molecule has 2 aromatic rings. The smallest absolute Gasteiger partial charge is 0.142 e. The molecule has 0 spiro atoms. The lowest BCUT2D eigenvalue weighted by atomic mass is 10.2. The summed E-state index contributed by atoms with van der Waals surface area (Å²) >= 11 is 1.25. The summed E-state index contributed by atoms with van der Waals surface area (Å²) in [6.07, 6.45) is 3.12. The van der Waals surface area contributed by atoms with E-state index in [-0.39, 0.29) is 5.56 Å². The van der Waals surface area contributed by atoms with Gasteiger partial charge in [0, 0.05) is 16.0 Å². The fourth-order valence-electron chi connectivity index (χ4n) is 1.30. The highest BCUT2D eigenvalue weighted by Crippen LogP contribution is 2.33. The third-order valence-electron chi connectivity index (χ3n) is 2.12. The molecule has 5 heteroatoms. The van der Waals surface area contributed by atoms with Crippen molar-refractivity contribution in [3.8, 4) is 6.07 Å². The van der Waals surface area contributed by atoms with Crippen LogP contribution in [0.4, 0.5) is 10.1 Å². The summed E-state index contributed by atoms with van der Waals surface area (Å²) in [6, 6.07) is 8.09. The van der Waals surface area contributed by atoms with Crippen LogP contribution in [0.15, 0.2) is 46.5 Å². The molecule has 0 saturated heterocycles. The van der Waals surface area contributed by atoms with Gasteiger partial charge >= 0.3 is 0 Å². The average molecular weight is 245 g/mol. The summed E-state index contributed by atoms with van der Waals surface area (Å²) in [6.45, 7) is 0. The second-order valence-corrected chi connectivity index (χ2v) is 4.32. The molecule has 2 rings (SSSR count). The van der Waals surface area contributed by atoms with Gasteiger partial charge in [-0.25, -0.2) is 4.39 Å². The van der Waals surface area contributed by atoms with Gasteiger partial charge in [0.25, 0.3) is 0 Å². The first-order valence-electron chi connectivity index (χ1n) is 4.78. The van der Waals surface area contributed by atoms with Crippen LogP contribution in [0.5, 0.6) is 0 Å². The molecule has 0 aliphatic carbocycles. The largest absolute Gasteiger partial charge is 0.397 e. The van der Waals surface area contributed by atoms with Crippen molar-refractivity contribution >= 4 is 17.4 Å². The minimum Gasteiger partial charge on any atom is -0.397 e. The van der Waals surface area contributed by atoms with Crippen LogP contribution in [0, 0.1) is 17.1 Å². The summed E-state index contributed by atoms with van der Waals surface area (Å²) in [5.41, 5.74) is 6.28. The van der Waals surface area contributed by atoms with Gasteiger partial charge in [-0.2, -0.15) is 5.26 Å². The van der Waals surface area contributed by atoms with Crippen molar-refractivity contribution in [1.29, 1.82) is 5.26 Å². The number of benzene rings is 1. The Kier molecular flexibility index (Phi) is 3.26. The van der Waals surface area contributed by atoms with Gasteiger partial charge in [0.1, 0.15) is 17.4 Å². The second kappa shape index (κ2) is 4.85. The minimum absolute atomic E-state index is 0.0358. The van der Waals surface area contributed by atoms with Gasteiger partial charge in [-0.1, -0.05) is 17.8 Å². The molecule has 0 fully saturated rings. The Morgan fingerprint density at radius 3 is 2.82 bits per heavy atom. The Bertz CT molecular complexity index is 593. The highest BCUT2D eigenvalue weighted by Gasteiger charge is 2.10. The number of nitrogens with zero attached hydrogens (tertiary/aromatic N) is 2. The Labute approximate surface area is 102 Å². The highest BCUT2D eigenvalue weighted by molar-refractivity contribution is 7.99. The zero-order chi connectivity index (χ0) is 12.3. The summed E-state index contributed by atoms with van der Waals surface area (Å²) in [5, 5.41) is 8.90. The first kappa shape index (κ1) is 11.4. The molecular weight excluding hydrogens is 237 g/mol. The number of hydrogen-bond donors (Lipinski definition) is 1. The summed E-state index contributed by atoms with van der Waals surface area (Å²) in [5.74, 6) is -0.523. The Balaban J connectivity index is 2.41. The molecule has 0 unspecified atom stereocenters. The van der Waals surface area contributed by atoms with Crippen LogP contribution >= 0.6 is 11.8 Å². The molecule has 0 amide bonds. The van der Waals surface area contributed by atoms with E-state index in [0.29, 0.717) is 10.6 Å². The van der Waals surface area contributed by atoms with Crippen LogP contribution in [-0.2, 0) is 0 Å². The number of hydrogen-bond acceptors (Lipinski definition) is 4. The van der Waals surface area contributed by atoms with Crippen LogP contribution in [0.3, 0.4) is 0 Å². The second-order valence-electron chi connectivity index (χ2n) is 3.24. The molecule has 0 bridgehead atoms. The predicted octanol–water partition coefficient (Wildman–Crippen LogP) is 2.83. The van der Waals surface area contributed by atoms with E-state index in [1.165, 1.54) is 24.0 Å². The van der Waals surface area contributed by atoms with Crippen molar-refractivity contribution in [3.05, 3.63) is 48.0 Å². The molecule has 1 aromatic heterocycles. The molecule has 17 heavy (non-hydrogen) atoms. The quantitative estimate of drug-likeness (QED) is 0.883. The SMILES string of the molecule is N#Cc1c(F)cccc1Sc1ccncc1N. The highest BCUT2D eigenvalue weighted by atomic mass is 32.2. The molecule has 1 aromatic carbocycles. The number of anilines is 1. The zero-order valence-electron chi connectivity index (χ0n) is 8.72. The number of nitriles is 1. The third kappa shape index (κ3) is 2.37. The van der Waals surface area contributed by atoms with Crippen molar-refractivity contribution in [2.75, 3.05) is 5.73 Å². The molecule has 2 N–H and O–H groups in total. The van der Waals surface area contributed by atoms with Crippen LogP contribution in [0.25, 0.3) is 0 Å². The van der Waals surface area contributed by atoms with E-state index in [2.05, 4.69) is 4.98 Å². The number of rotatable bonds is 2. The van der Waals surface area contributed by atoms with E-state index in [1.807, 2.05) is 6.07 Å². The maximum Gasteiger partial charge on any atom is 0.142 e. The van der Waals surface area contributed by atoms with E-state index in [4.69, 9.17) is 11.0 Å². The number of nitrogens with two attached hydrogens (primary N) is 1. The monoisotopic (exact) mass is 245 g/mol. The van der Waals surface area contributed by atoms with Crippen LogP contribution in [0.1, 0.15) is 5.56 Å². The van der Waals surface area contributed by atoms with Crippen molar-refractivity contribution in [1.82, 2.24) is 4.98 Å². The fraction of sp³-hybridized carbons (Fsp3) is 0. The molecule has 0 aliphatic heterocycles. The van der Waals surface area contributed by atoms with Crippen LogP contribution in [-0.4, -0.2) is 4.98 Å².